The topological polar surface area (TPSA) is 45.2 Å². The Morgan fingerprint density at radius 2 is 1.92 bits per heavy atom. The number of pyridine rings is 1. The number of anilines is 2. The maximum absolute atomic E-state index is 12.4. The fourth-order valence-corrected chi connectivity index (χ4v) is 2.97. The molecular weight excluding hydrogens is 334 g/mol. The number of rotatable bonds is 4. The smallest absolute Gasteiger partial charge is 0.243 e. The van der Waals surface area contributed by atoms with Gasteiger partial charge >= 0.3 is 0 Å². The zero-order valence-electron chi connectivity index (χ0n) is 14.5. The molecule has 0 fully saturated rings. The van der Waals surface area contributed by atoms with E-state index in [1.165, 1.54) is 0 Å². The van der Waals surface area contributed by atoms with Gasteiger partial charge < -0.3 is 10.2 Å². The number of nitrogens with zero attached hydrogens (tertiary/aromatic N) is 2. The van der Waals surface area contributed by atoms with Crippen LogP contribution in [-0.2, 0) is 4.79 Å². The van der Waals surface area contributed by atoms with Gasteiger partial charge in [0.25, 0.3) is 0 Å². The highest BCUT2D eigenvalue weighted by molar-refractivity contribution is 6.34. The molecule has 0 saturated heterocycles. The van der Waals surface area contributed by atoms with Crippen molar-refractivity contribution >= 4 is 39.8 Å². The summed E-state index contributed by atoms with van der Waals surface area (Å²) in [5, 5.41) is 5.31. The molecule has 0 bridgehead atoms. The van der Waals surface area contributed by atoms with E-state index in [9.17, 15) is 4.79 Å². The number of nitrogens with one attached hydrogen (secondary N) is 1. The number of hydrogen-bond donors (Lipinski definition) is 1. The summed E-state index contributed by atoms with van der Waals surface area (Å²) in [5.41, 5.74) is 3.06. The van der Waals surface area contributed by atoms with E-state index in [2.05, 4.69) is 10.3 Å². The van der Waals surface area contributed by atoms with Crippen LogP contribution in [0.15, 0.2) is 48.5 Å². The van der Waals surface area contributed by atoms with Gasteiger partial charge in [-0.3, -0.25) is 4.79 Å². The van der Waals surface area contributed by atoms with Crippen molar-refractivity contribution in [2.75, 3.05) is 23.8 Å². The lowest BCUT2D eigenvalue weighted by Gasteiger charge is -2.19. The van der Waals surface area contributed by atoms with Crippen LogP contribution in [0.4, 0.5) is 11.5 Å². The molecule has 25 heavy (non-hydrogen) atoms. The first kappa shape index (κ1) is 17.2. The van der Waals surface area contributed by atoms with E-state index in [-0.39, 0.29) is 12.5 Å². The number of aromatic nitrogens is 1. The molecule has 0 spiro atoms. The molecule has 0 aliphatic carbocycles. The summed E-state index contributed by atoms with van der Waals surface area (Å²) in [6.45, 7) is 4.21. The van der Waals surface area contributed by atoms with Gasteiger partial charge in [0.1, 0.15) is 11.0 Å². The van der Waals surface area contributed by atoms with Crippen LogP contribution in [0.5, 0.6) is 0 Å². The molecule has 0 aliphatic heterocycles. The Labute approximate surface area is 152 Å². The molecule has 1 heterocycles. The Hall–Kier alpha value is -2.59. The lowest BCUT2D eigenvalue weighted by Crippen LogP contribution is -2.30. The van der Waals surface area contributed by atoms with Crippen molar-refractivity contribution in [2.45, 2.75) is 13.8 Å². The maximum atomic E-state index is 12.4. The van der Waals surface area contributed by atoms with Gasteiger partial charge in [0, 0.05) is 18.1 Å². The first-order valence-electron chi connectivity index (χ1n) is 8.08. The Bertz CT molecular complexity index is 939. The molecule has 1 aromatic heterocycles. The molecule has 4 nitrogen and oxygen atoms in total. The van der Waals surface area contributed by atoms with Gasteiger partial charge in [0.15, 0.2) is 0 Å². The summed E-state index contributed by atoms with van der Waals surface area (Å²) >= 11 is 6.27. The van der Waals surface area contributed by atoms with Crippen molar-refractivity contribution in [1.82, 2.24) is 4.98 Å². The monoisotopic (exact) mass is 353 g/mol. The number of carbonyl (C=O) groups is 1. The maximum Gasteiger partial charge on any atom is 0.243 e. The van der Waals surface area contributed by atoms with Crippen molar-refractivity contribution in [2.24, 2.45) is 0 Å². The van der Waals surface area contributed by atoms with Gasteiger partial charge in [-0.25, -0.2) is 4.98 Å². The largest absolute Gasteiger partial charge is 0.350 e. The van der Waals surface area contributed by atoms with Crippen molar-refractivity contribution in [3.8, 4) is 0 Å². The van der Waals surface area contributed by atoms with Crippen molar-refractivity contribution in [3.05, 3.63) is 64.8 Å². The minimum atomic E-state index is -0.0951. The fourth-order valence-electron chi connectivity index (χ4n) is 2.71. The normalized spacial score (nSPS) is 10.7. The minimum absolute atomic E-state index is 0.0951. The van der Waals surface area contributed by atoms with E-state index in [1.807, 2.05) is 69.4 Å². The second-order valence-corrected chi connectivity index (χ2v) is 6.50. The average molecular weight is 354 g/mol. The lowest BCUT2D eigenvalue weighted by molar-refractivity contribution is -0.114. The minimum Gasteiger partial charge on any atom is -0.350 e. The third-order valence-corrected chi connectivity index (χ3v) is 4.62. The summed E-state index contributed by atoms with van der Waals surface area (Å²) in [7, 11) is 1.83. The SMILES string of the molecule is Cc1cccc(NC(=O)CN(C)c2cc3ccccc3c(Cl)n2)c1C. The third-order valence-electron chi connectivity index (χ3n) is 4.33. The molecule has 0 radical (unpaired) electrons. The molecule has 5 heteroatoms. The average Bonchev–Trinajstić information content (AvgIpc) is 2.59. The van der Waals surface area contributed by atoms with Gasteiger partial charge in [-0.05, 0) is 42.5 Å². The fraction of sp³-hybridized carbons (Fsp3) is 0.200. The van der Waals surface area contributed by atoms with Gasteiger partial charge in [0.2, 0.25) is 5.91 Å². The van der Waals surface area contributed by atoms with Gasteiger partial charge in [-0.1, -0.05) is 48.0 Å². The van der Waals surface area contributed by atoms with E-state index >= 15 is 0 Å². The van der Waals surface area contributed by atoms with Gasteiger partial charge in [-0.15, -0.1) is 0 Å². The van der Waals surface area contributed by atoms with Gasteiger partial charge in [-0.2, -0.15) is 0 Å². The van der Waals surface area contributed by atoms with E-state index < -0.39 is 0 Å². The molecule has 3 rings (SSSR count). The third kappa shape index (κ3) is 3.74. The highest BCUT2D eigenvalue weighted by Crippen LogP contribution is 2.26. The first-order chi connectivity index (χ1) is 12.0. The molecule has 1 amide bonds. The van der Waals surface area contributed by atoms with E-state index in [1.54, 1.807) is 4.90 Å². The van der Waals surface area contributed by atoms with Crippen LogP contribution < -0.4 is 10.2 Å². The zero-order chi connectivity index (χ0) is 18.0. The zero-order valence-corrected chi connectivity index (χ0v) is 15.3. The van der Waals surface area contributed by atoms with Crippen LogP contribution in [0.25, 0.3) is 10.8 Å². The quantitative estimate of drug-likeness (QED) is 0.698. The highest BCUT2D eigenvalue weighted by atomic mass is 35.5. The second-order valence-electron chi connectivity index (χ2n) is 6.14. The number of fused-ring (bicyclic) bond motifs is 1. The number of amides is 1. The van der Waals surface area contributed by atoms with Crippen LogP contribution >= 0.6 is 11.6 Å². The summed E-state index contributed by atoms with van der Waals surface area (Å²) in [6.07, 6.45) is 0. The number of carbonyl (C=O) groups excluding carboxylic acids is 1. The Morgan fingerprint density at radius 3 is 2.72 bits per heavy atom. The molecule has 0 saturated carbocycles. The summed E-state index contributed by atoms with van der Waals surface area (Å²) in [5.74, 6) is 0.571. The van der Waals surface area contributed by atoms with Crippen molar-refractivity contribution in [1.29, 1.82) is 0 Å². The Balaban J connectivity index is 1.76. The predicted octanol–water partition coefficient (Wildman–Crippen LogP) is 4.58. The van der Waals surface area contributed by atoms with E-state index in [0.29, 0.717) is 11.0 Å². The highest BCUT2D eigenvalue weighted by Gasteiger charge is 2.12. The number of hydrogen-bond acceptors (Lipinski definition) is 3. The number of benzene rings is 2. The van der Waals surface area contributed by atoms with Crippen LogP contribution in [0.3, 0.4) is 0 Å². The molecule has 0 unspecified atom stereocenters. The van der Waals surface area contributed by atoms with Crippen LogP contribution in [0.2, 0.25) is 5.15 Å². The molecular formula is C20H20ClN3O. The van der Waals surface area contributed by atoms with Crippen LogP contribution in [0, 0.1) is 13.8 Å². The molecule has 2 aromatic carbocycles. The Morgan fingerprint density at radius 1 is 1.16 bits per heavy atom. The van der Waals surface area contributed by atoms with Crippen LogP contribution in [-0.4, -0.2) is 24.5 Å². The molecule has 3 aromatic rings. The van der Waals surface area contributed by atoms with E-state index in [0.717, 1.165) is 27.6 Å². The van der Waals surface area contributed by atoms with Crippen molar-refractivity contribution < 1.29 is 4.79 Å². The van der Waals surface area contributed by atoms with Gasteiger partial charge in [0.05, 0.1) is 6.54 Å². The molecule has 0 atom stereocenters. The van der Waals surface area contributed by atoms with Crippen molar-refractivity contribution in [3.63, 3.8) is 0 Å². The molecule has 1 N–H and O–H groups in total. The lowest BCUT2D eigenvalue weighted by atomic mass is 10.1. The summed E-state index contributed by atoms with van der Waals surface area (Å²) < 4.78 is 0. The predicted molar refractivity (Wildman–Crippen MR) is 105 cm³/mol. The van der Waals surface area contributed by atoms with E-state index in [4.69, 9.17) is 11.6 Å². The summed E-state index contributed by atoms with van der Waals surface area (Å²) in [6, 6.07) is 15.6. The standard InChI is InChI=1S/C20H20ClN3O/c1-13-7-6-10-17(14(13)2)22-19(25)12-24(3)18-11-15-8-4-5-9-16(15)20(21)23-18/h4-11H,12H2,1-3H3,(H,22,25). The number of halogens is 1. The number of likely N-dealkylation sites (N-methyl/N-ethyl adjacent to an activating group) is 1. The number of aryl methyl sites for hydroxylation is 1. The molecule has 0 aliphatic rings. The molecule has 128 valence electrons. The Kier molecular flexibility index (Phi) is 4.91. The first-order valence-corrected chi connectivity index (χ1v) is 8.46. The summed E-state index contributed by atoms with van der Waals surface area (Å²) in [4.78, 5) is 18.6. The van der Waals surface area contributed by atoms with Crippen LogP contribution in [0.1, 0.15) is 11.1 Å². The second kappa shape index (κ2) is 7.11.